The van der Waals surface area contributed by atoms with Crippen LogP contribution in [-0.2, 0) is 66.1 Å². The number of carboxylic acids is 1. The number of benzene rings is 4. The Morgan fingerprint density at radius 2 is 0.807 bits per heavy atom. The van der Waals surface area contributed by atoms with Crippen molar-refractivity contribution < 1.29 is 74.4 Å². The van der Waals surface area contributed by atoms with Crippen LogP contribution in [0.25, 0.3) is 66.4 Å². The van der Waals surface area contributed by atoms with E-state index < -0.39 is 26.1 Å². The van der Waals surface area contributed by atoms with Crippen LogP contribution in [0, 0.1) is 37.0 Å². The number of aromatic carboxylic acids is 1. The summed E-state index contributed by atoms with van der Waals surface area (Å²) in [5.74, 6) is 1.46. The summed E-state index contributed by atoms with van der Waals surface area (Å²) in [6.45, 7) is 27.1. The van der Waals surface area contributed by atoms with Gasteiger partial charge in [-0.3, -0.25) is 4.79 Å². The minimum atomic E-state index is -3.69. The van der Waals surface area contributed by atoms with Crippen LogP contribution < -0.4 is 11.1 Å². The number of hydrogen-bond donors (Lipinski definition) is 3. The van der Waals surface area contributed by atoms with Crippen LogP contribution in [-0.4, -0.2) is 193 Å². The van der Waals surface area contributed by atoms with Crippen molar-refractivity contribution in [2.24, 2.45) is 11.7 Å². The number of ketones is 1. The third-order valence-corrected chi connectivity index (χ3v) is 22.4. The second kappa shape index (κ2) is 39.9. The van der Waals surface area contributed by atoms with E-state index in [1.54, 1.807) is 20.9 Å². The number of Topliss-reactive ketones (excluding diaryl/α,β-unsaturated/α-hetero) is 1. The molecule has 14 heterocycles. The third kappa shape index (κ3) is 24.2. The molecule has 8 aliphatic heterocycles. The van der Waals surface area contributed by atoms with E-state index in [2.05, 4.69) is 142 Å². The van der Waals surface area contributed by atoms with Gasteiger partial charge in [0.05, 0.1) is 39.7 Å². The van der Waals surface area contributed by atoms with Crippen LogP contribution in [0.3, 0.4) is 0 Å². The summed E-state index contributed by atoms with van der Waals surface area (Å²) < 4.78 is 30.8. The summed E-state index contributed by atoms with van der Waals surface area (Å²) >= 11 is 24.9. The first-order valence-electron chi connectivity index (χ1n) is 41.4. The number of carboxylic acid groups (broad SMARTS) is 1. The number of amides is 3. The quantitative estimate of drug-likeness (QED) is 0.0551. The Morgan fingerprint density at radius 1 is 0.487 bits per heavy atom. The Bertz CT molecular complexity index is 5190. The molecular formula is C84H111BCl6N17O9PU. The molecule has 0 unspecified atom stereocenters. The molecule has 119 heavy (non-hydrogen) atoms. The Labute approximate surface area is 752 Å². The molecule has 18 rings (SSSR count). The first-order valence-corrected chi connectivity index (χ1v) is 47.6. The number of hydrogen-bond acceptors (Lipinski definition) is 16. The molecule has 0 bridgehead atoms. The van der Waals surface area contributed by atoms with Gasteiger partial charge in [-0.2, -0.15) is 0 Å². The SMILES string of the molecule is CC(C)(C)OC(=O)N1CCC(CC(=O)c2cn3c4c(cccc24)CCC3)CC1.CC(C)(C)OC(=O)N1CCC(N)CC1.CC(C)(C)OC(=O)N1CCC(n2nnnc2-c2cn3c4c(cccc24)CCC3)CC1.Cl.ClP(Cl)(Cl)(Cl)Cl.O=C(O)c1cn2c3c(cccc13)CCC2.[3H][B].[U].c1cc2c3c(c1)c(-c1nnnn1C1CCNCC1)cn3CCC2. The number of para-hydroxylation sites is 4. The molecule has 0 spiro atoms. The van der Waals surface area contributed by atoms with Gasteiger partial charge in [0.15, 0.2) is 17.4 Å². The van der Waals surface area contributed by atoms with Crippen molar-refractivity contribution >= 4 is 154 Å². The summed E-state index contributed by atoms with van der Waals surface area (Å²) in [5, 5.41) is 42.4. The molecule has 3 amide bonds. The monoisotopic (exact) mass is 1990 g/mol. The largest absolute Gasteiger partial charge is 0.478 e. The molecule has 4 fully saturated rings. The maximum Gasteiger partial charge on any atom is 0.337 e. The average molecular weight is 2000 g/mol. The van der Waals surface area contributed by atoms with Gasteiger partial charge in [0.25, 0.3) is 0 Å². The Morgan fingerprint density at radius 3 is 1.18 bits per heavy atom. The van der Waals surface area contributed by atoms with Crippen molar-refractivity contribution in [1.82, 2.24) is 78.7 Å². The van der Waals surface area contributed by atoms with E-state index in [1.807, 2.05) is 83.8 Å². The Balaban J connectivity index is 0.000000157. The van der Waals surface area contributed by atoms with Gasteiger partial charge < -0.3 is 63.3 Å². The van der Waals surface area contributed by atoms with E-state index in [1.165, 1.54) is 68.0 Å². The first kappa shape index (κ1) is 93.0. The normalized spacial score (nSPS) is 17.3. The molecule has 0 atom stereocenters. The number of carbonyl (C=O) groups is 5. The van der Waals surface area contributed by atoms with Crippen LogP contribution in [0.4, 0.5) is 14.4 Å². The zero-order valence-corrected chi connectivity index (χ0v) is 79.0. The number of halogens is 6. The van der Waals surface area contributed by atoms with Crippen molar-refractivity contribution in [2.45, 2.75) is 233 Å². The fourth-order valence-electron chi connectivity index (χ4n) is 17.1. The number of carbonyl (C=O) groups excluding carboxylic acids is 4. The minimum absolute atomic E-state index is 0. The zero-order valence-electron chi connectivity index (χ0n) is 70.4. The second-order valence-electron chi connectivity index (χ2n) is 34.5. The minimum Gasteiger partial charge on any atom is -0.478 e. The summed E-state index contributed by atoms with van der Waals surface area (Å²) in [6, 6.07) is 26.2. The molecule has 4 aromatic carbocycles. The Kier molecular flexibility index (Phi) is 31.2. The van der Waals surface area contributed by atoms with Crippen LogP contribution >= 0.6 is 72.0 Å². The molecule has 0 aliphatic carbocycles. The number of aryl methyl sites for hydroxylation is 8. The smallest absolute Gasteiger partial charge is 0.337 e. The average Bonchev–Trinajstić information content (AvgIpc) is 1.63. The van der Waals surface area contributed by atoms with Gasteiger partial charge in [-0.1, -0.05) is 72.8 Å². The van der Waals surface area contributed by atoms with Gasteiger partial charge in [0.1, 0.15) is 16.8 Å². The van der Waals surface area contributed by atoms with E-state index in [0.717, 1.165) is 181 Å². The summed E-state index contributed by atoms with van der Waals surface area (Å²) in [4.78, 5) is 65.6. The molecular weight excluding hydrogens is 1880 g/mol. The summed E-state index contributed by atoms with van der Waals surface area (Å²) in [6.07, 6.45) is 24.4. The third-order valence-electron chi connectivity index (χ3n) is 22.4. The van der Waals surface area contributed by atoms with Gasteiger partial charge in [0, 0.05) is 180 Å². The van der Waals surface area contributed by atoms with E-state index in [9.17, 15) is 24.0 Å². The molecule has 35 heteroatoms. The number of piperidine rings is 4. The van der Waals surface area contributed by atoms with Crippen molar-refractivity contribution in [3.05, 3.63) is 131 Å². The second-order valence-corrected chi connectivity index (χ2v) is 51.1. The first-order chi connectivity index (χ1) is 56.0. The van der Waals surface area contributed by atoms with Crippen molar-refractivity contribution in [3.63, 3.8) is 0 Å². The molecule has 4 saturated heterocycles. The summed E-state index contributed by atoms with van der Waals surface area (Å²) in [7, 11) is 3.75. The maximum atomic E-state index is 13.1. The topological polar surface area (TPSA) is 288 Å². The fraction of sp³-hybridized carbons (Fsp3) is 0.536. The van der Waals surface area contributed by atoms with E-state index in [4.69, 9.17) is 82.6 Å². The number of tetrazole rings is 2. The van der Waals surface area contributed by atoms with Crippen molar-refractivity contribution in [3.8, 4) is 22.8 Å². The number of ether oxygens (including phenoxy) is 3. The number of likely N-dealkylation sites (tertiary alicyclic amines) is 3. The molecule has 4 N–H and O–H groups in total. The van der Waals surface area contributed by atoms with Crippen LogP contribution in [0.5, 0.6) is 0 Å². The fourth-order valence-corrected chi connectivity index (χ4v) is 17.1. The maximum absolute atomic E-state index is 13.1. The van der Waals surface area contributed by atoms with Crippen molar-refractivity contribution in [2.75, 3.05) is 52.4 Å². The van der Waals surface area contributed by atoms with Gasteiger partial charge in [0.2, 0.25) is 0 Å². The van der Waals surface area contributed by atoms with Gasteiger partial charge in [-0.15, -0.1) is 22.6 Å². The molecule has 8 aliphatic rings. The predicted molar refractivity (Wildman–Crippen MR) is 474 cm³/mol. The van der Waals surface area contributed by atoms with E-state index in [-0.39, 0.29) is 79.7 Å². The number of nitrogens with zero attached hydrogens (tertiary/aromatic N) is 15. The standard InChI is InChI=1S/C23H30N2O3.C22H28N6O2.C17H20N6.C12H11NO2.C10H20N2O2.BH.Cl5P.ClH.U/c1-23(2,3)28-22(27)24-12-9-16(10-13-24)14-20(26)19-15-25-11-5-7-17-6-4-8-18(19)21(17)25;1-22(2,3)30-21(29)26-12-9-16(10-13-26)28-20(23-24-25-28)18-14-27-11-5-7-15-6-4-8-17(18)19(15)27;1-3-12-4-2-10-22-11-15(14(5-1)16(12)22)17-19-20-21-23(17)13-6-8-18-9-7-13;14-12(15)10-7-13-6-2-4-8-3-1-5-9(10)11(8)13;1-10(2,3)14-9(13)12-6-4-8(11)5-7-12;;1-6(2,3,4)5;;/h4,6,8,15-16H,5,7,9-14H2,1-3H3;4,6,8,14,16H,5,7,9-13H2,1-3H3;1,3,5,11,13,18H,2,4,6-10H2;1,3,5,7H,2,4,6H2,(H,14,15);8H,4-7,11H2,1-3H3;1H;;1H;/i;;;;;1T;;;. The van der Waals surface area contributed by atoms with Gasteiger partial charge in [-0.25, -0.2) is 28.5 Å². The predicted octanol–water partition coefficient (Wildman–Crippen LogP) is 18.5. The molecule has 10 aromatic rings. The molecule has 2 radical (unpaired) electrons. The number of aromatic nitrogens is 12. The van der Waals surface area contributed by atoms with E-state index >= 15 is 0 Å². The summed E-state index contributed by atoms with van der Waals surface area (Å²) in [5.41, 5.74) is 18.5. The van der Waals surface area contributed by atoms with Crippen LogP contribution in [0.2, 0.25) is 0 Å². The number of nitrogens with two attached hydrogens (primary N) is 1. The molecule has 640 valence electrons. The molecule has 6 aromatic heterocycles. The van der Waals surface area contributed by atoms with Gasteiger partial charge >= 0.3 is 83.8 Å². The van der Waals surface area contributed by atoms with Gasteiger partial charge in [-0.05, 0) is 228 Å². The molecule has 26 nitrogen and oxygen atoms in total. The zero-order chi connectivity index (χ0) is 84.6. The number of rotatable bonds is 8. The van der Waals surface area contributed by atoms with Crippen LogP contribution in [0.15, 0.2) is 97.6 Å². The Hall–Kier alpha value is -6.66. The van der Waals surface area contributed by atoms with E-state index in [0.29, 0.717) is 50.1 Å². The van der Waals surface area contributed by atoms with Crippen LogP contribution in [0.1, 0.15) is 201 Å². The number of nitrogens with one attached hydrogen (secondary N) is 1. The van der Waals surface area contributed by atoms with Crippen molar-refractivity contribution in [1.29, 1.82) is 1.34 Å². The molecule has 0 saturated carbocycles.